The fourth-order valence-electron chi connectivity index (χ4n) is 5.58. The number of fused-ring (bicyclic) bond motifs is 1. The molecule has 0 radical (unpaired) electrons. The van der Waals surface area contributed by atoms with Crippen molar-refractivity contribution in [2.75, 3.05) is 19.8 Å². The first-order chi connectivity index (χ1) is 23.6. The minimum Gasteiger partial charge on any atom is -0.405 e. The molecule has 2 heterocycles. The van der Waals surface area contributed by atoms with Crippen molar-refractivity contribution in [2.45, 2.75) is 77.0 Å². The molecule has 0 aliphatic heterocycles. The van der Waals surface area contributed by atoms with Crippen LogP contribution in [0.1, 0.15) is 68.7 Å². The Hall–Kier alpha value is -4.44. The third-order valence-electron chi connectivity index (χ3n) is 7.92. The maximum atomic E-state index is 13.8. The van der Waals surface area contributed by atoms with Gasteiger partial charge in [0.2, 0.25) is 0 Å². The number of nitrogens with two attached hydrogens (primary N) is 2. The molecule has 2 unspecified atom stereocenters. The number of hydrogen-bond acceptors (Lipinski definition) is 6. The lowest BCUT2D eigenvalue weighted by Gasteiger charge is -2.23. The minimum absolute atomic E-state index is 0.0333. The number of ether oxygens (including phenoxy) is 1. The molecule has 0 amide bonds. The van der Waals surface area contributed by atoms with E-state index in [-0.39, 0.29) is 34.6 Å². The Kier molecular flexibility index (Phi) is 12.7. The Morgan fingerprint density at radius 1 is 1.08 bits per heavy atom. The van der Waals surface area contributed by atoms with Crippen LogP contribution in [0, 0.1) is 0 Å². The molecule has 272 valence electrons. The Bertz CT molecular complexity index is 1830. The number of nitrogens with one attached hydrogen (secondary N) is 2. The number of alkyl halides is 7. The first-order valence-corrected chi connectivity index (χ1v) is 16.1. The first kappa shape index (κ1) is 38.4. The number of hydrogen-bond donors (Lipinski definition) is 4. The van der Waals surface area contributed by atoms with Crippen molar-refractivity contribution in [1.29, 1.82) is 0 Å². The van der Waals surface area contributed by atoms with Gasteiger partial charge in [-0.2, -0.15) is 18.2 Å². The quantitative estimate of drug-likeness (QED) is 0.0423. The van der Waals surface area contributed by atoms with Gasteiger partial charge in [-0.1, -0.05) is 19.4 Å². The molecule has 0 aliphatic rings. The molecule has 2 atom stereocenters. The normalized spacial score (nSPS) is 13.9. The van der Waals surface area contributed by atoms with Crippen LogP contribution in [0.25, 0.3) is 28.0 Å². The van der Waals surface area contributed by atoms with Crippen LogP contribution in [0.3, 0.4) is 0 Å². The average molecular weight is 712 g/mol. The number of benzene rings is 2. The lowest BCUT2D eigenvalue weighted by Crippen LogP contribution is -2.26. The Balaban J connectivity index is 1.70. The highest BCUT2D eigenvalue weighted by atomic mass is 19.4. The summed E-state index contributed by atoms with van der Waals surface area (Å²) in [5.41, 5.74) is 10.5. The fourth-order valence-corrected chi connectivity index (χ4v) is 5.58. The molecule has 50 heavy (non-hydrogen) atoms. The van der Waals surface area contributed by atoms with Gasteiger partial charge < -0.3 is 26.5 Å². The summed E-state index contributed by atoms with van der Waals surface area (Å²) in [5, 5.41) is 3.57. The van der Waals surface area contributed by atoms with Crippen LogP contribution in [0.15, 0.2) is 58.4 Å². The van der Waals surface area contributed by atoms with Crippen molar-refractivity contribution in [3.63, 3.8) is 0 Å². The van der Waals surface area contributed by atoms with Gasteiger partial charge in [-0.25, -0.2) is 9.18 Å². The van der Waals surface area contributed by atoms with Crippen molar-refractivity contribution in [3.8, 4) is 22.7 Å². The molecule has 2 aromatic carbocycles. The zero-order valence-electron chi connectivity index (χ0n) is 27.6. The number of H-pyrrole nitrogens is 1. The molecule has 16 heteroatoms. The summed E-state index contributed by atoms with van der Waals surface area (Å²) in [4.78, 5) is 24.1. The SMILES string of the molecule is CCCC(NCCCN=C(C)N)c1ccc(-n2cc3cc(-c4cc(CCCC(N)CF)cc(C(F)(F)F)c4)[nH]c3nc2=O)cc1OC(F)(F)F. The lowest BCUT2D eigenvalue weighted by molar-refractivity contribution is -0.275. The Morgan fingerprint density at radius 2 is 1.84 bits per heavy atom. The molecule has 9 nitrogen and oxygen atoms in total. The number of nitrogens with zero attached hydrogens (tertiary/aromatic N) is 3. The number of aryl methyl sites for hydroxylation is 1. The second kappa shape index (κ2) is 16.5. The molecular weight excluding hydrogens is 671 g/mol. The predicted octanol–water partition coefficient (Wildman–Crippen LogP) is 7.12. The molecule has 4 aromatic rings. The number of aliphatic imine (C=N–C) groups is 1. The summed E-state index contributed by atoms with van der Waals surface area (Å²) in [6.07, 6.45) is -5.70. The van der Waals surface area contributed by atoms with Gasteiger partial charge in [-0.3, -0.25) is 9.56 Å². The van der Waals surface area contributed by atoms with Gasteiger partial charge in [0.15, 0.2) is 0 Å². The molecule has 0 aliphatic carbocycles. The molecule has 2 aromatic heterocycles. The van der Waals surface area contributed by atoms with E-state index in [4.69, 9.17) is 11.5 Å². The Labute approximate surface area is 283 Å². The van der Waals surface area contributed by atoms with E-state index in [1.54, 1.807) is 13.0 Å². The summed E-state index contributed by atoms with van der Waals surface area (Å²) in [6, 6.07) is 7.86. The highest BCUT2D eigenvalue weighted by Gasteiger charge is 2.34. The van der Waals surface area contributed by atoms with Gasteiger partial charge in [0.05, 0.1) is 17.1 Å². The van der Waals surface area contributed by atoms with Crippen molar-refractivity contribution < 1.29 is 35.5 Å². The van der Waals surface area contributed by atoms with Gasteiger partial charge in [0.1, 0.15) is 18.1 Å². The van der Waals surface area contributed by atoms with Crippen molar-refractivity contribution in [3.05, 3.63) is 75.8 Å². The smallest absolute Gasteiger partial charge is 0.405 e. The highest BCUT2D eigenvalue weighted by Crippen LogP contribution is 2.36. The third-order valence-corrected chi connectivity index (χ3v) is 7.92. The second-order valence-corrected chi connectivity index (χ2v) is 12.0. The maximum absolute atomic E-state index is 13.8. The van der Waals surface area contributed by atoms with E-state index in [2.05, 4.69) is 25.0 Å². The van der Waals surface area contributed by atoms with Crippen LogP contribution in [-0.2, 0) is 12.6 Å². The fraction of sp³-hybridized carbons (Fsp3) is 0.441. The standard InChI is InChI=1S/C34H40F7N7O2/c1-3-6-28(45-12-5-11-44-20(2)42)27-10-9-26(17-30(27)50-34(39,40)41)48-19-23-16-29(46-31(23)47-32(48)49)22-13-21(7-4-8-25(43)18-35)14-24(15-22)33(36,37)38/h9-10,13-17,19,25,28,45H,3-8,11-12,18,43H2,1-2H3,(H2,42,44)(H,46,47,49). The third kappa shape index (κ3) is 10.5. The molecule has 0 saturated heterocycles. The van der Waals surface area contributed by atoms with Crippen LogP contribution in [0.4, 0.5) is 30.7 Å². The number of rotatable bonds is 16. The van der Waals surface area contributed by atoms with Gasteiger partial charge in [0.25, 0.3) is 0 Å². The van der Waals surface area contributed by atoms with Crippen molar-refractivity contribution >= 4 is 16.9 Å². The van der Waals surface area contributed by atoms with E-state index in [9.17, 15) is 35.5 Å². The Morgan fingerprint density at radius 3 is 2.50 bits per heavy atom. The van der Waals surface area contributed by atoms with E-state index in [1.807, 2.05) is 6.92 Å². The van der Waals surface area contributed by atoms with Crippen LogP contribution in [-0.4, -0.2) is 52.5 Å². The van der Waals surface area contributed by atoms with Crippen molar-refractivity contribution in [1.82, 2.24) is 19.9 Å². The van der Waals surface area contributed by atoms with Gasteiger partial charge >= 0.3 is 18.2 Å². The predicted molar refractivity (Wildman–Crippen MR) is 178 cm³/mol. The highest BCUT2D eigenvalue weighted by molar-refractivity contribution is 5.83. The van der Waals surface area contributed by atoms with E-state index in [0.717, 1.165) is 22.8 Å². The van der Waals surface area contributed by atoms with Gasteiger partial charge in [-0.15, -0.1) is 13.2 Å². The maximum Gasteiger partial charge on any atom is 0.573 e. The number of amidine groups is 1. The summed E-state index contributed by atoms with van der Waals surface area (Å²) in [5.74, 6) is -0.0682. The molecule has 0 saturated carbocycles. The van der Waals surface area contributed by atoms with E-state index < -0.39 is 48.3 Å². The van der Waals surface area contributed by atoms with Gasteiger partial charge in [-0.05, 0) is 87.0 Å². The lowest BCUT2D eigenvalue weighted by atomic mass is 9.98. The molecule has 6 N–H and O–H groups in total. The zero-order chi connectivity index (χ0) is 36.6. The van der Waals surface area contributed by atoms with Crippen molar-refractivity contribution in [2.24, 2.45) is 16.5 Å². The molecule has 0 fully saturated rings. The summed E-state index contributed by atoms with van der Waals surface area (Å²) in [6.45, 7) is 3.72. The summed E-state index contributed by atoms with van der Waals surface area (Å²) < 4.78 is 100. The topological polar surface area (TPSA) is 136 Å². The number of aromatic nitrogens is 3. The van der Waals surface area contributed by atoms with Crippen LogP contribution in [0.2, 0.25) is 0 Å². The molecular formula is C34H40F7N7O2. The van der Waals surface area contributed by atoms with Crippen LogP contribution < -0.4 is 27.2 Å². The summed E-state index contributed by atoms with van der Waals surface area (Å²) >= 11 is 0. The monoisotopic (exact) mass is 711 g/mol. The van der Waals surface area contributed by atoms with Crippen LogP contribution in [0.5, 0.6) is 5.75 Å². The minimum atomic E-state index is -5.02. The van der Waals surface area contributed by atoms with Crippen LogP contribution >= 0.6 is 0 Å². The number of halogens is 7. The van der Waals surface area contributed by atoms with E-state index >= 15 is 0 Å². The first-order valence-electron chi connectivity index (χ1n) is 16.1. The zero-order valence-corrected chi connectivity index (χ0v) is 27.6. The largest absolute Gasteiger partial charge is 0.573 e. The number of aromatic amines is 1. The molecule has 0 bridgehead atoms. The average Bonchev–Trinajstić information content (AvgIpc) is 3.45. The second-order valence-electron chi connectivity index (χ2n) is 12.0. The molecule has 0 spiro atoms. The summed E-state index contributed by atoms with van der Waals surface area (Å²) in [7, 11) is 0. The van der Waals surface area contributed by atoms with E-state index in [1.165, 1.54) is 24.4 Å². The van der Waals surface area contributed by atoms with Gasteiger partial charge in [0, 0.05) is 47.5 Å². The molecule has 4 rings (SSSR count). The van der Waals surface area contributed by atoms with E-state index in [0.29, 0.717) is 62.0 Å².